The minimum atomic E-state index is -0.614. The van der Waals surface area contributed by atoms with Gasteiger partial charge in [-0.25, -0.2) is 0 Å². The molecule has 7 heteroatoms. The van der Waals surface area contributed by atoms with Crippen molar-refractivity contribution in [2.45, 2.75) is 6.42 Å². The molecule has 0 saturated carbocycles. The molecule has 0 spiro atoms. The fourth-order valence-electron chi connectivity index (χ4n) is 3.40. The van der Waals surface area contributed by atoms with Gasteiger partial charge in [-0.05, 0) is 23.8 Å². The Balaban J connectivity index is 1.45. The van der Waals surface area contributed by atoms with Crippen LogP contribution >= 0.6 is 11.6 Å². The molecule has 0 fully saturated rings. The summed E-state index contributed by atoms with van der Waals surface area (Å²) in [6.07, 6.45) is -0.00500. The third kappa shape index (κ3) is 4.25. The molecule has 0 heterocycles. The van der Waals surface area contributed by atoms with E-state index in [2.05, 4.69) is 5.32 Å². The second-order valence-electron chi connectivity index (χ2n) is 6.94. The minimum absolute atomic E-state index is 0.00500. The Morgan fingerprint density at radius 2 is 1.45 bits per heavy atom. The number of benzene rings is 3. The van der Waals surface area contributed by atoms with Crippen LogP contribution in [0.4, 0.5) is 5.69 Å². The molecule has 1 amide bonds. The van der Waals surface area contributed by atoms with Crippen molar-refractivity contribution in [2.75, 3.05) is 11.9 Å². The number of esters is 1. The highest BCUT2D eigenvalue weighted by atomic mass is 35.5. The lowest BCUT2D eigenvalue weighted by molar-refractivity contribution is -0.146. The Kier molecular flexibility index (Phi) is 5.64. The van der Waals surface area contributed by atoms with Gasteiger partial charge in [0, 0.05) is 21.7 Å². The van der Waals surface area contributed by atoms with Crippen LogP contribution in [0.2, 0.25) is 5.02 Å². The number of ether oxygens (including phenoxy) is 1. The normalized spacial score (nSPS) is 12.0. The highest BCUT2D eigenvalue weighted by molar-refractivity contribution is 6.31. The van der Waals surface area contributed by atoms with Crippen LogP contribution in [0.1, 0.15) is 37.4 Å². The van der Waals surface area contributed by atoms with Crippen LogP contribution in [0.15, 0.2) is 66.7 Å². The highest BCUT2D eigenvalue weighted by Gasteiger charge is 2.31. The summed E-state index contributed by atoms with van der Waals surface area (Å²) in [5.41, 5.74) is 1.88. The first-order chi connectivity index (χ1) is 14.9. The van der Waals surface area contributed by atoms with Gasteiger partial charge in [-0.3, -0.25) is 19.2 Å². The predicted octanol–water partition coefficient (Wildman–Crippen LogP) is 3.84. The summed E-state index contributed by atoms with van der Waals surface area (Å²) in [5.74, 6) is -1.82. The summed E-state index contributed by atoms with van der Waals surface area (Å²) in [5, 5.41) is 3.13. The first kappa shape index (κ1) is 20.5. The van der Waals surface area contributed by atoms with E-state index in [0.29, 0.717) is 16.1 Å². The number of ketones is 2. The van der Waals surface area contributed by atoms with Gasteiger partial charge in [-0.1, -0.05) is 60.1 Å². The number of nitrogens with one attached hydrogen (secondary N) is 1. The second-order valence-corrected chi connectivity index (χ2v) is 7.38. The van der Waals surface area contributed by atoms with Crippen molar-refractivity contribution in [3.63, 3.8) is 0 Å². The van der Waals surface area contributed by atoms with E-state index >= 15 is 0 Å². The topological polar surface area (TPSA) is 89.5 Å². The number of fused-ring (bicyclic) bond motifs is 2. The van der Waals surface area contributed by atoms with Crippen LogP contribution < -0.4 is 5.32 Å². The average Bonchev–Trinajstić information content (AvgIpc) is 2.77. The van der Waals surface area contributed by atoms with Gasteiger partial charge in [0.15, 0.2) is 18.2 Å². The molecule has 0 bridgehead atoms. The Labute approximate surface area is 182 Å². The molecule has 1 N–H and O–H groups in total. The van der Waals surface area contributed by atoms with E-state index in [9.17, 15) is 19.2 Å². The third-order valence-electron chi connectivity index (χ3n) is 4.85. The number of rotatable bonds is 5. The van der Waals surface area contributed by atoms with Crippen molar-refractivity contribution < 1.29 is 23.9 Å². The van der Waals surface area contributed by atoms with E-state index in [1.54, 1.807) is 60.7 Å². The number of anilines is 1. The molecule has 0 saturated heterocycles. The van der Waals surface area contributed by atoms with Gasteiger partial charge in [0.2, 0.25) is 0 Å². The summed E-state index contributed by atoms with van der Waals surface area (Å²) < 4.78 is 5.02. The van der Waals surface area contributed by atoms with Gasteiger partial charge in [0.1, 0.15) is 0 Å². The zero-order chi connectivity index (χ0) is 22.0. The Morgan fingerprint density at radius 1 is 0.806 bits per heavy atom. The first-order valence-electron chi connectivity index (χ1n) is 9.45. The maximum absolute atomic E-state index is 13.0. The summed E-state index contributed by atoms with van der Waals surface area (Å²) in [7, 11) is 0. The molecule has 0 radical (unpaired) electrons. The van der Waals surface area contributed by atoms with Gasteiger partial charge in [-0.15, -0.1) is 0 Å². The second kappa shape index (κ2) is 8.53. The Bertz CT molecular complexity index is 1220. The lowest BCUT2D eigenvalue weighted by atomic mass is 9.83. The summed E-state index contributed by atoms with van der Waals surface area (Å²) >= 11 is 5.81. The molecule has 1 aliphatic rings. The maximum Gasteiger partial charge on any atom is 0.310 e. The van der Waals surface area contributed by atoms with Crippen LogP contribution in [0, 0.1) is 0 Å². The average molecular weight is 434 g/mol. The molecule has 0 atom stereocenters. The van der Waals surface area contributed by atoms with E-state index in [1.807, 2.05) is 0 Å². The molecule has 3 aromatic carbocycles. The van der Waals surface area contributed by atoms with Crippen molar-refractivity contribution >= 4 is 40.7 Å². The summed E-state index contributed by atoms with van der Waals surface area (Å²) in [6, 6.07) is 17.9. The number of carbonyl (C=O) groups is 4. The van der Waals surface area contributed by atoms with Gasteiger partial charge >= 0.3 is 5.97 Å². The number of hydrogen-bond donors (Lipinski definition) is 1. The molecule has 0 unspecified atom stereocenters. The van der Waals surface area contributed by atoms with Gasteiger partial charge in [0.25, 0.3) is 5.91 Å². The van der Waals surface area contributed by atoms with Crippen molar-refractivity contribution in [1.82, 2.24) is 0 Å². The van der Waals surface area contributed by atoms with Crippen LogP contribution in [-0.4, -0.2) is 30.0 Å². The molecule has 1 aliphatic carbocycles. The Hall–Kier alpha value is -3.77. The SMILES string of the molecule is O=C(COC(=O)Cc1ccc(Cl)cc1)Nc1cccc2c1C(=O)c1ccccc1C2=O. The van der Waals surface area contributed by atoms with Crippen LogP contribution in [-0.2, 0) is 20.7 Å². The zero-order valence-corrected chi connectivity index (χ0v) is 16.9. The number of halogens is 1. The van der Waals surface area contributed by atoms with Crippen molar-refractivity contribution in [1.29, 1.82) is 0 Å². The minimum Gasteiger partial charge on any atom is -0.455 e. The summed E-state index contributed by atoms with van der Waals surface area (Å²) in [4.78, 5) is 50.0. The number of carbonyl (C=O) groups excluding carboxylic acids is 4. The molecular formula is C24H16ClNO5. The fraction of sp³-hybridized carbons (Fsp3) is 0.0833. The zero-order valence-electron chi connectivity index (χ0n) is 16.2. The molecule has 31 heavy (non-hydrogen) atoms. The van der Waals surface area contributed by atoms with E-state index in [1.165, 1.54) is 6.07 Å². The molecule has 0 aliphatic heterocycles. The standard InChI is InChI=1S/C24H16ClNO5/c25-15-10-8-14(9-11-15)12-21(28)31-13-20(27)26-19-7-3-6-18-22(19)24(30)17-5-2-1-4-16(17)23(18)29/h1-11H,12-13H2,(H,26,27). The van der Waals surface area contributed by atoms with Gasteiger partial charge in [0.05, 0.1) is 17.7 Å². The maximum atomic E-state index is 13.0. The monoisotopic (exact) mass is 433 g/mol. The van der Waals surface area contributed by atoms with Crippen LogP contribution in [0.25, 0.3) is 0 Å². The molecule has 154 valence electrons. The van der Waals surface area contributed by atoms with Gasteiger partial charge in [-0.2, -0.15) is 0 Å². The van der Waals surface area contributed by atoms with E-state index in [4.69, 9.17) is 16.3 Å². The molecular weight excluding hydrogens is 418 g/mol. The van der Waals surface area contributed by atoms with E-state index < -0.39 is 18.5 Å². The highest BCUT2D eigenvalue weighted by Crippen LogP contribution is 2.31. The quantitative estimate of drug-likeness (QED) is 0.483. The fourth-order valence-corrected chi connectivity index (χ4v) is 3.53. The van der Waals surface area contributed by atoms with Crippen LogP contribution in [0.5, 0.6) is 0 Å². The first-order valence-corrected chi connectivity index (χ1v) is 9.83. The molecule has 0 aromatic heterocycles. The van der Waals surface area contributed by atoms with Gasteiger partial charge < -0.3 is 10.1 Å². The predicted molar refractivity (Wildman–Crippen MR) is 114 cm³/mol. The van der Waals surface area contributed by atoms with Crippen molar-refractivity contribution in [3.05, 3.63) is 99.6 Å². The Morgan fingerprint density at radius 3 is 2.16 bits per heavy atom. The number of hydrogen-bond acceptors (Lipinski definition) is 5. The van der Waals surface area contributed by atoms with Crippen molar-refractivity contribution in [3.8, 4) is 0 Å². The van der Waals surface area contributed by atoms with Crippen molar-refractivity contribution in [2.24, 2.45) is 0 Å². The molecule has 6 nitrogen and oxygen atoms in total. The number of amides is 1. The smallest absolute Gasteiger partial charge is 0.310 e. The molecule has 3 aromatic rings. The molecule has 4 rings (SSSR count). The lowest BCUT2D eigenvalue weighted by Crippen LogP contribution is -2.26. The van der Waals surface area contributed by atoms with Crippen LogP contribution in [0.3, 0.4) is 0 Å². The third-order valence-corrected chi connectivity index (χ3v) is 5.10. The summed E-state index contributed by atoms with van der Waals surface area (Å²) in [6.45, 7) is -0.519. The lowest BCUT2D eigenvalue weighted by Gasteiger charge is -2.20. The van der Waals surface area contributed by atoms with E-state index in [0.717, 1.165) is 0 Å². The van der Waals surface area contributed by atoms with E-state index in [-0.39, 0.29) is 40.4 Å². The largest absolute Gasteiger partial charge is 0.455 e.